The van der Waals surface area contributed by atoms with Crippen LogP contribution in [0.5, 0.6) is 0 Å². The molecule has 2 aliphatic rings. The van der Waals surface area contributed by atoms with Gasteiger partial charge in [0.05, 0.1) is 12.5 Å². The minimum Gasteiger partial charge on any atom is -0.481 e. The summed E-state index contributed by atoms with van der Waals surface area (Å²) in [6, 6.07) is 0.363. The molecule has 4 nitrogen and oxygen atoms in total. The Bertz CT molecular complexity index is 257. The van der Waals surface area contributed by atoms with Crippen molar-refractivity contribution in [2.24, 2.45) is 5.92 Å². The van der Waals surface area contributed by atoms with Crippen LogP contribution >= 0.6 is 0 Å². The van der Waals surface area contributed by atoms with E-state index >= 15 is 0 Å². The van der Waals surface area contributed by atoms with Gasteiger partial charge in [-0.3, -0.25) is 9.69 Å². The quantitative estimate of drug-likeness (QED) is 0.757. The van der Waals surface area contributed by atoms with Gasteiger partial charge < -0.3 is 10.2 Å². The van der Waals surface area contributed by atoms with Crippen LogP contribution in [-0.2, 0) is 4.79 Å². The number of aliphatic hydroxyl groups excluding tert-OH is 1. The third-order valence-corrected chi connectivity index (χ3v) is 4.11. The van der Waals surface area contributed by atoms with Gasteiger partial charge in [-0.25, -0.2) is 0 Å². The second-order valence-electron chi connectivity index (χ2n) is 5.01. The van der Waals surface area contributed by atoms with Crippen molar-refractivity contribution in [2.75, 3.05) is 13.2 Å². The molecular weight excluding hydrogens is 206 g/mol. The molecule has 0 bridgehead atoms. The van der Waals surface area contributed by atoms with Crippen molar-refractivity contribution in [3.63, 3.8) is 0 Å². The van der Waals surface area contributed by atoms with Crippen molar-refractivity contribution in [3.05, 3.63) is 0 Å². The molecule has 2 rings (SSSR count). The summed E-state index contributed by atoms with van der Waals surface area (Å²) in [6.07, 6.45) is 6.30. The highest BCUT2D eigenvalue weighted by molar-refractivity contribution is 5.72. The van der Waals surface area contributed by atoms with Crippen LogP contribution in [0.4, 0.5) is 0 Å². The summed E-state index contributed by atoms with van der Waals surface area (Å²) >= 11 is 0. The van der Waals surface area contributed by atoms with E-state index in [0.29, 0.717) is 0 Å². The molecule has 1 aliphatic heterocycles. The summed E-state index contributed by atoms with van der Waals surface area (Å²) in [4.78, 5) is 13.3. The Hall–Kier alpha value is -0.610. The molecule has 0 amide bonds. The number of hydrogen-bond donors (Lipinski definition) is 2. The van der Waals surface area contributed by atoms with Crippen LogP contribution in [0.2, 0.25) is 0 Å². The van der Waals surface area contributed by atoms with Gasteiger partial charge in [-0.05, 0) is 32.2 Å². The average Bonchev–Trinajstić information content (AvgIpc) is 2.40. The second-order valence-corrected chi connectivity index (χ2v) is 5.01. The molecule has 92 valence electrons. The van der Waals surface area contributed by atoms with Crippen LogP contribution in [0.3, 0.4) is 0 Å². The zero-order valence-corrected chi connectivity index (χ0v) is 9.64. The first-order valence-corrected chi connectivity index (χ1v) is 6.33. The summed E-state index contributed by atoms with van der Waals surface area (Å²) in [7, 11) is 0. The molecule has 0 aromatic heterocycles. The van der Waals surface area contributed by atoms with E-state index in [1.165, 1.54) is 6.42 Å². The van der Waals surface area contributed by atoms with Crippen LogP contribution in [0, 0.1) is 5.92 Å². The van der Waals surface area contributed by atoms with Gasteiger partial charge in [0.2, 0.25) is 0 Å². The smallest absolute Gasteiger partial charge is 0.308 e. The SMILES string of the molecule is O=C(O)C1CCC1N1CCCCCC1CO. The van der Waals surface area contributed by atoms with Crippen molar-refractivity contribution in [1.29, 1.82) is 0 Å². The average molecular weight is 227 g/mol. The first-order valence-electron chi connectivity index (χ1n) is 6.33. The van der Waals surface area contributed by atoms with Crippen molar-refractivity contribution in [3.8, 4) is 0 Å². The number of carbonyl (C=O) groups is 1. The number of carboxylic acids is 1. The van der Waals surface area contributed by atoms with Gasteiger partial charge in [0.25, 0.3) is 0 Å². The minimum absolute atomic E-state index is 0.169. The summed E-state index contributed by atoms with van der Waals surface area (Å²) in [5, 5.41) is 18.5. The van der Waals surface area contributed by atoms with E-state index in [1.807, 2.05) is 0 Å². The molecule has 0 radical (unpaired) electrons. The molecular formula is C12H21NO3. The minimum atomic E-state index is -0.669. The first-order chi connectivity index (χ1) is 7.74. The summed E-state index contributed by atoms with van der Waals surface area (Å²) in [5.74, 6) is -0.871. The topological polar surface area (TPSA) is 60.8 Å². The van der Waals surface area contributed by atoms with Gasteiger partial charge >= 0.3 is 5.97 Å². The molecule has 2 N–H and O–H groups in total. The molecule has 1 heterocycles. The van der Waals surface area contributed by atoms with Crippen molar-refractivity contribution in [1.82, 2.24) is 4.90 Å². The number of rotatable bonds is 3. The Morgan fingerprint density at radius 1 is 1.19 bits per heavy atom. The molecule has 0 spiro atoms. The fourth-order valence-corrected chi connectivity index (χ4v) is 3.00. The lowest BCUT2D eigenvalue weighted by Gasteiger charge is -2.45. The number of nitrogens with zero attached hydrogens (tertiary/aromatic N) is 1. The molecule has 1 saturated heterocycles. The molecule has 1 aliphatic carbocycles. The van der Waals surface area contributed by atoms with Gasteiger partial charge in [-0.15, -0.1) is 0 Å². The molecule has 1 saturated carbocycles. The van der Waals surface area contributed by atoms with Crippen LogP contribution in [0.25, 0.3) is 0 Å². The molecule has 2 fully saturated rings. The largest absolute Gasteiger partial charge is 0.481 e. The Balaban J connectivity index is 2.02. The number of aliphatic hydroxyl groups is 1. The predicted molar refractivity (Wildman–Crippen MR) is 60.2 cm³/mol. The van der Waals surface area contributed by atoms with Crippen molar-refractivity contribution < 1.29 is 15.0 Å². The van der Waals surface area contributed by atoms with Gasteiger partial charge in [0, 0.05) is 12.1 Å². The Morgan fingerprint density at radius 3 is 2.56 bits per heavy atom. The summed E-state index contributed by atoms with van der Waals surface area (Å²) < 4.78 is 0. The zero-order chi connectivity index (χ0) is 11.5. The Morgan fingerprint density at radius 2 is 2.00 bits per heavy atom. The van der Waals surface area contributed by atoms with E-state index in [-0.39, 0.29) is 24.6 Å². The highest BCUT2D eigenvalue weighted by Gasteiger charge is 2.42. The van der Waals surface area contributed by atoms with Gasteiger partial charge in [-0.1, -0.05) is 12.8 Å². The highest BCUT2D eigenvalue weighted by Crippen LogP contribution is 2.35. The third kappa shape index (κ3) is 2.23. The van der Waals surface area contributed by atoms with Gasteiger partial charge in [-0.2, -0.15) is 0 Å². The van der Waals surface area contributed by atoms with E-state index in [1.54, 1.807) is 0 Å². The third-order valence-electron chi connectivity index (χ3n) is 4.11. The van der Waals surface area contributed by atoms with E-state index in [9.17, 15) is 9.90 Å². The van der Waals surface area contributed by atoms with Crippen LogP contribution in [-0.4, -0.2) is 46.3 Å². The maximum Gasteiger partial charge on any atom is 0.308 e. The molecule has 3 atom stereocenters. The lowest BCUT2D eigenvalue weighted by molar-refractivity contribution is -0.150. The Kier molecular flexibility index (Phi) is 3.82. The normalized spacial score (nSPS) is 36.4. The molecule has 16 heavy (non-hydrogen) atoms. The van der Waals surface area contributed by atoms with E-state index in [2.05, 4.69) is 4.90 Å². The lowest BCUT2D eigenvalue weighted by atomic mass is 9.78. The standard InChI is InChI=1S/C12H21NO3/c14-8-9-4-2-1-3-7-13(9)11-6-5-10(11)12(15)16/h9-11,14H,1-8H2,(H,15,16). The molecule has 4 heteroatoms. The maximum atomic E-state index is 11.0. The van der Waals surface area contributed by atoms with Crippen molar-refractivity contribution in [2.45, 2.75) is 50.6 Å². The fourth-order valence-electron chi connectivity index (χ4n) is 3.00. The zero-order valence-electron chi connectivity index (χ0n) is 9.64. The maximum absolute atomic E-state index is 11.0. The van der Waals surface area contributed by atoms with Gasteiger partial charge in [0.15, 0.2) is 0 Å². The van der Waals surface area contributed by atoms with E-state index in [4.69, 9.17) is 5.11 Å². The highest BCUT2D eigenvalue weighted by atomic mass is 16.4. The van der Waals surface area contributed by atoms with Crippen LogP contribution in [0.1, 0.15) is 38.5 Å². The number of carboxylic acid groups (broad SMARTS) is 1. The van der Waals surface area contributed by atoms with Crippen LogP contribution in [0.15, 0.2) is 0 Å². The number of aliphatic carboxylic acids is 1. The lowest BCUT2D eigenvalue weighted by Crippen LogP contribution is -2.54. The number of likely N-dealkylation sites (tertiary alicyclic amines) is 1. The fraction of sp³-hybridized carbons (Fsp3) is 0.917. The predicted octanol–water partition coefficient (Wildman–Crippen LogP) is 1.09. The van der Waals surface area contributed by atoms with Gasteiger partial charge in [0.1, 0.15) is 0 Å². The monoisotopic (exact) mass is 227 g/mol. The summed E-state index contributed by atoms with van der Waals surface area (Å²) in [6.45, 7) is 1.13. The Labute approximate surface area is 96.3 Å². The van der Waals surface area contributed by atoms with Crippen LogP contribution < -0.4 is 0 Å². The first kappa shape index (κ1) is 11.9. The molecule has 0 aromatic carbocycles. The number of hydrogen-bond acceptors (Lipinski definition) is 3. The summed E-state index contributed by atoms with van der Waals surface area (Å²) in [5.41, 5.74) is 0. The second kappa shape index (κ2) is 5.15. The molecule has 0 aromatic rings. The van der Waals surface area contributed by atoms with Crippen molar-refractivity contribution >= 4 is 5.97 Å². The molecule has 3 unspecified atom stereocenters. The van der Waals surface area contributed by atoms with E-state index in [0.717, 1.165) is 38.6 Å². The van der Waals surface area contributed by atoms with E-state index < -0.39 is 5.97 Å².